The zero-order valence-electron chi connectivity index (χ0n) is 9.67. The van der Waals surface area contributed by atoms with Crippen LogP contribution >= 0.6 is 0 Å². The van der Waals surface area contributed by atoms with Crippen LogP contribution in [0.1, 0.15) is 6.23 Å². The number of nitrogen functional groups attached to an aromatic ring is 1. The Balaban J connectivity index is 1.97. The minimum Gasteiger partial charge on any atom is -0.462 e. The zero-order valence-corrected chi connectivity index (χ0v) is 9.67. The number of imidazole rings is 1. The van der Waals surface area contributed by atoms with Crippen molar-refractivity contribution >= 4 is 17.0 Å². The second-order valence-electron chi connectivity index (χ2n) is 4.55. The highest BCUT2D eigenvalue weighted by atomic mass is 16.6. The van der Waals surface area contributed by atoms with Gasteiger partial charge in [0.05, 0.1) is 0 Å². The summed E-state index contributed by atoms with van der Waals surface area (Å²) in [7, 11) is 0. The number of aromatic nitrogens is 4. The summed E-state index contributed by atoms with van der Waals surface area (Å²) in [6, 6.07) is 0.251. The van der Waals surface area contributed by atoms with Crippen molar-refractivity contribution in [3.63, 3.8) is 0 Å². The summed E-state index contributed by atoms with van der Waals surface area (Å²) in [6.07, 6.45) is -2.16. The van der Waals surface area contributed by atoms with Crippen LogP contribution in [0.15, 0.2) is 6.33 Å². The first-order valence-corrected chi connectivity index (χ1v) is 5.79. The number of nitrogens with zero attached hydrogens (tertiary/aromatic N) is 4. The van der Waals surface area contributed by atoms with E-state index in [1.807, 2.05) is 0 Å². The van der Waals surface area contributed by atoms with Crippen LogP contribution in [0.25, 0.3) is 11.2 Å². The number of hydrogen-bond acceptors (Lipinski definition) is 8. The van der Waals surface area contributed by atoms with Gasteiger partial charge in [0.25, 0.3) is 0 Å². The van der Waals surface area contributed by atoms with Gasteiger partial charge in [-0.15, -0.1) is 0 Å². The average Bonchev–Trinajstić information content (AvgIpc) is 2.81. The molecule has 9 heteroatoms. The molecule has 4 N–H and O–H groups in total. The Morgan fingerprint density at radius 2 is 2.16 bits per heavy atom. The number of nitrogens with two attached hydrogens (primary N) is 1. The van der Waals surface area contributed by atoms with E-state index in [1.165, 1.54) is 10.9 Å². The number of aliphatic hydroxyl groups excluding tert-OH is 2. The average molecular weight is 265 g/mol. The summed E-state index contributed by atoms with van der Waals surface area (Å²) >= 11 is 0. The quantitative estimate of drug-likeness (QED) is 0.520. The van der Waals surface area contributed by atoms with Crippen LogP contribution in [-0.2, 0) is 4.74 Å². The van der Waals surface area contributed by atoms with Gasteiger partial charge in [-0.1, -0.05) is 0 Å². The Bertz CT molecular complexity index is 659. The van der Waals surface area contributed by atoms with Gasteiger partial charge in [0, 0.05) is 0 Å². The third kappa shape index (κ3) is 1.31. The maximum Gasteiger partial charge on any atom is 0.301 e. The minimum atomic E-state index is -1.07. The van der Waals surface area contributed by atoms with Gasteiger partial charge in [0.2, 0.25) is 0 Å². The molecule has 0 aliphatic carbocycles. The molecule has 0 spiro atoms. The zero-order chi connectivity index (χ0) is 13.1. The predicted octanol–water partition coefficient (Wildman–Crippen LogP) is -1.58. The van der Waals surface area contributed by atoms with Gasteiger partial charge < -0.3 is 25.4 Å². The first-order valence-electron chi connectivity index (χ1n) is 5.79. The van der Waals surface area contributed by atoms with Gasteiger partial charge in [-0.05, 0) is 0 Å². The first kappa shape index (κ1) is 10.9. The lowest BCUT2D eigenvalue weighted by molar-refractivity contribution is -0.0295. The Labute approximate surface area is 106 Å². The van der Waals surface area contributed by atoms with E-state index in [0.717, 1.165) is 0 Å². The Kier molecular flexibility index (Phi) is 2.03. The van der Waals surface area contributed by atoms with E-state index < -0.39 is 24.5 Å². The van der Waals surface area contributed by atoms with E-state index in [-0.39, 0.29) is 18.4 Å². The molecular weight excluding hydrogens is 254 g/mol. The molecule has 0 unspecified atom stereocenters. The van der Waals surface area contributed by atoms with E-state index in [9.17, 15) is 10.2 Å². The van der Waals surface area contributed by atoms with Gasteiger partial charge in [-0.25, -0.2) is 14.5 Å². The fourth-order valence-corrected chi connectivity index (χ4v) is 2.47. The first-order chi connectivity index (χ1) is 9.16. The lowest BCUT2D eigenvalue weighted by atomic mass is 10.1. The molecule has 2 aliphatic rings. The molecule has 100 valence electrons. The Hall–Kier alpha value is -1.97. The second-order valence-corrected chi connectivity index (χ2v) is 4.55. The minimum absolute atomic E-state index is 0.103. The fourth-order valence-electron chi connectivity index (χ4n) is 2.47. The summed E-state index contributed by atoms with van der Waals surface area (Å²) in [5.74, 6) is 0.221. The maximum atomic E-state index is 10.0. The van der Waals surface area contributed by atoms with Crippen LogP contribution in [-0.4, -0.2) is 54.7 Å². The molecule has 2 aromatic rings. The van der Waals surface area contributed by atoms with Crippen molar-refractivity contribution in [2.45, 2.75) is 24.5 Å². The van der Waals surface area contributed by atoms with Gasteiger partial charge in [-0.2, -0.15) is 4.98 Å². The summed E-state index contributed by atoms with van der Waals surface area (Å²) in [6.45, 7) is 0.103. The van der Waals surface area contributed by atoms with E-state index in [0.29, 0.717) is 11.2 Å². The van der Waals surface area contributed by atoms with Gasteiger partial charge in [0.15, 0.2) is 23.2 Å². The van der Waals surface area contributed by atoms with Crippen LogP contribution in [0.5, 0.6) is 6.01 Å². The topological polar surface area (TPSA) is 129 Å². The van der Waals surface area contributed by atoms with Crippen molar-refractivity contribution in [3.05, 3.63) is 6.33 Å². The normalized spacial score (nSPS) is 32.9. The molecule has 1 saturated heterocycles. The molecule has 2 aliphatic heterocycles. The fraction of sp³-hybridized carbons (Fsp3) is 0.500. The number of aliphatic hydroxyl groups is 2. The predicted molar refractivity (Wildman–Crippen MR) is 61.2 cm³/mol. The number of anilines is 1. The van der Waals surface area contributed by atoms with E-state index in [2.05, 4.69) is 15.0 Å². The van der Waals surface area contributed by atoms with Crippen molar-refractivity contribution in [1.29, 1.82) is 0 Å². The van der Waals surface area contributed by atoms with Crippen molar-refractivity contribution in [2.24, 2.45) is 0 Å². The highest BCUT2D eigenvalue weighted by molar-refractivity contribution is 5.82. The third-order valence-corrected chi connectivity index (χ3v) is 3.44. The lowest BCUT2D eigenvalue weighted by Crippen LogP contribution is -2.36. The molecule has 9 nitrogen and oxygen atoms in total. The number of fused-ring (bicyclic) bond motifs is 6. The SMILES string of the molecule is Nc1ncnc2c1nc1n2[C@@H]2O[C@H](CO1)[C@@H](O)[C@H]2O. The highest BCUT2D eigenvalue weighted by Crippen LogP contribution is 2.38. The largest absolute Gasteiger partial charge is 0.462 e. The second kappa shape index (κ2) is 3.53. The molecule has 19 heavy (non-hydrogen) atoms. The lowest BCUT2D eigenvalue weighted by Gasteiger charge is -2.19. The number of ether oxygens (including phenoxy) is 2. The summed E-state index contributed by atoms with van der Waals surface area (Å²) < 4.78 is 12.5. The van der Waals surface area contributed by atoms with Crippen LogP contribution in [0.4, 0.5) is 5.82 Å². The summed E-state index contributed by atoms with van der Waals surface area (Å²) in [4.78, 5) is 12.2. The molecular formula is C10H11N5O4. The van der Waals surface area contributed by atoms with Crippen molar-refractivity contribution < 1.29 is 19.7 Å². The summed E-state index contributed by atoms with van der Waals surface area (Å²) in [5.41, 5.74) is 6.52. The number of rotatable bonds is 0. The maximum absolute atomic E-state index is 10.0. The number of hydrogen-bond donors (Lipinski definition) is 3. The van der Waals surface area contributed by atoms with Crippen LogP contribution in [0.2, 0.25) is 0 Å². The van der Waals surface area contributed by atoms with E-state index in [4.69, 9.17) is 15.2 Å². The van der Waals surface area contributed by atoms with Crippen molar-refractivity contribution in [3.8, 4) is 6.01 Å². The highest BCUT2D eigenvalue weighted by Gasteiger charge is 2.48. The van der Waals surface area contributed by atoms with Crippen LogP contribution in [0.3, 0.4) is 0 Å². The standard InChI is InChI=1S/C10H11N5O4/c11-7-4-8(13-2-12-7)15-9-6(17)5(16)3(19-9)1-18-10(15)14-4/h2-3,5-6,9,16-17H,1H2,(H2,11,12,13)/t3-,5-,6-,9-/m1/s1. The smallest absolute Gasteiger partial charge is 0.301 e. The molecule has 0 saturated carbocycles. The Morgan fingerprint density at radius 3 is 3.00 bits per heavy atom. The molecule has 4 atom stereocenters. The molecule has 2 bridgehead atoms. The van der Waals surface area contributed by atoms with Gasteiger partial charge in [-0.3, -0.25) is 0 Å². The van der Waals surface area contributed by atoms with Crippen LogP contribution < -0.4 is 10.5 Å². The molecule has 0 amide bonds. The Morgan fingerprint density at radius 1 is 1.32 bits per heavy atom. The third-order valence-electron chi connectivity index (χ3n) is 3.44. The monoisotopic (exact) mass is 265 g/mol. The van der Waals surface area contributed by atoms with E-state index in [1.54, 1.807) is 0 Å². The molecule has 0 aromatic carbocycles. The molecule has 1 fully saturated rings. The van der Waals surface area contributed by atoms with Gasteiger partial charge in [0.1, 0.15) is 31.2 Å². The molecule has 4 rings (SSSR count). The summed E-state index contributed by atoms with van der Waals surface area (Å²) in [5, 5.41) is 19.9. The molecule has 0 radical (unpaired) electrons. The molecule has 2 aromatic heterocycles. The van der Waals surface area contributed by atoms with Gasteiger partial charge >= 0.3 is 6.01 Å². The van der Waals surface area contributed by atoms with Crippen molar-refractivity contribution in [1.82, 2.24) is 19.5 Å². The van der Waals surface area contributed by atoms with E-state index >= 15 is 0 Å². The molecule has 4 heterocycles. The van der Waals surface area contributed by atoms with Crippen molar-refractivity contribution in [2.75, 3.05) is 12.3 Å². The van der Waals surface area contributed by atoms with Crippen LogP contribution in [0, 0.1) is 0 Å².